The molecule has 31 heavy (non-hydrogen) atoms. The van der Waals surface area contributed by atoms with Gasteiger partial charge >= 0.3 is 6.03 Å². The quantitative estimate of drug-likeness (QED) is 0.213. The number of nitrogens with zero attached hydrogens (tertiary/aromatic N) is 3. The Balaban J connectivity index is 2.25. The summed E-state index contributed by atoms with van der Waals surface area (Å²) in [6, 6.07) is 5.25. The molecule has 1 aliphatic rings. The molecule has 2 amide bonds. The first-order chi connectivity index (χ1) is 15.0. The van der Waals surface area contributed by atoms with Gasteiger partial charge < -0.3 is 14.8 Å². The molecule has 1 aromatic rings. The maximum absolute atomic E-state index is 12.9. The van der Waals surface area contributed by atoms with E-state index in [1.807, 2.05) is 19.1 Å². The molecule has 0 saturated carbocycles. The third kappa shape index (κ3) is 6.79. The van der Waals surface area contributed by atoms with Crippen molar-refractivity contribution in [3.05, 3.63) is 58.6 Å². The van der Waals surface area contributed by atoms with Crippen LogP contribution in [0.3, 0.4) is 0 Å². The van der Waals surface area contributed by atoms with Crippen LogP contribution in [0.5, 0.6) is 0 Å². The fourth-order valence-corrected chi connectivity index (χ4v) is 3.03. The molecule has 0 radical (unpaired) electrons. The zero-order chi connectivity index (χ0) is 22.6. The maximum atomic E-state index is 12.9. The number of methoxy groups -OCH3 is 1. The minimum Gasteiger partial charge on any atom is -0.490 e. The first kappa shape index (κ1) is 23.8. The van der Waals surface area contributed by atoms with Gasteiger partial charge in [-0.3, -0.25) is 9.69 Å². The van der Waals surface area contributed by atoms with Gasteiger partial charge in [-0.1, -0.05) is 19.1 Å². The fourth-order valence-electron chi connectivity index (χ4n) is 3.03. The number of ether oxygens (including phenoxy) is 2. The molecule has 1 N–H and O–H groups in total. The summed E-state index contributed by atoms with van der Waals surface area (Å²) in [5.41, 5.74) is 2.07. The zero-order valence-corrected chi connectivity index (χ0v) is 18.2. The molecule has 164 valence electrons. The van der Waals surface area contributed by atoms with Crippen LogP contribution in [0.1, 0.15) is 42.7 Å². The molecule has 8 heteroatoms. The second-order valence-electron chi connectivity index (χ2n) is 6.89. The lowest BCUT2D eigenvalue weighted by Crippen LogP contribution is -2.42. The van der Waals surface area contributed by atoms with Crippen molar-refractivity contribution in [3.8, 4) is 6.07 Å². The summed E-state index contributed by atoms with van der Waals surface area (Å²) in [7, 11) is 1.57. The molecule has 1 aromatic heterocycles. The topological polar surface area (TPSA) is 105 Å². The molecule has 0 fully saturated rings. The van der Waals surface area contributed by atoms with Gasteiger partial charge in [0.15, 0.2) is 6.29 Å². The van der Waals surface area contributed by atoms with E-state index in [1.54, 1.807) is 32.3 Å². The first-order valence-electron chi connectivity index (χ1n) is 10.2. The van der Waals surface area contributed by atoms with Gasteiger partial charge in [0.25, 0.3) is 0 Å². The van der Waals surface area contributed by atoms with Gasteiger partial charge in [0.1, 0.15) is 29.9 Å². The third-order valence-electron chi connectivity index (χ3n) is 4.53. The van der Waals surface area contributed by atoms with E-state index in [-0.39, 0.29) is 18.3 Å². The number of fused-ring (bicyclic) bond motifs is 1. The largest absolute Gasteiger partial charge is 0.490 e. The molecule has 0 aliphatic carbocycles. The lowest BCUT2D eigenvalue weighted by molar-refractivity contribution is 0.111. The number of hydrogen-bond acceptors (Lipinski definition) is 6. The first-order valence-corrected chi connectivity index (χ1v) is 10.2. The molecule has 2 rings (SSSR count). The van der Waals surface area contributed by atoms with E-state index in [2.05, 4.69) is 16.4 Å². The highest BCUT2D eigenvalue weighted by Gasteiger charge is 2.24. The van der Waals surface area contributed by atoms with Gasteiger partial charge in [-0.2, -0.15) is 5.26 Å². The van der Waals surface area contributed by atoms with Gasteiger partial charge in [0, 0.05) is 25.4 Å². The highest BCUT2D eigenvalue weighted by Crippen LogP contribution is 2.25. The molecule has 0 unspecified atom stereocenters. The molecule has 0 atom stereocenters. The molecule has 0 spiro atoms. The van der Waals surface area contributed by atoms with E-state index < -0.39 is 0 Å². The highest BCUT2D eigenvalue weighted by atomic mass is 16.5. The monoisotopic (exact) mass is 424 g/mol. The second-order valence-corrected chi connectivity index (χ2v) is 6.89. The van der Waals surface area contributed by atoms with Crippen LogP contribution < -0.4 is 10.2 Å². The molecule has 0 bridgehead atoms. The number of carbonyl (C=O) groups excluding carboxylic acids is 2. The number of anilines is 1. The van der Waals surface area contributed by atoms with Crippen molar-refractivity contribution in [1.29, 1.82) is 5.26 Å². The lowest BCUT2D eigenvalue weighted by Gasteiger charge is -2.28. The van der Waals surface area contributed by atoms with Gasteiger partial charge in [-0.05, 0) is 43.9 Å². The van der Waals surface area contributed by atoms with Crippen LogP contribution in [0.4, 0.5) is 10.6 Å². The Hall–Kier alpha value is -3.44. The predicted molar refractivity (Wildman–Crippen MR) is 117 cm³/mol. The summed E-state index contributed by atoms with van der Waals surface area (Å²) in [6.07, 6.45) is 8.22. The van der Waals surface area contributed by atoms with E-state index in [0.717, 1.165) is 24.8 Å². The van der Waals surface area contributed by atoms with Crippen LogP contribution >= 0.6 is 0 Å². The van der Waals surface area contributed by atoms with Gasteiger partial charge in [-0.15, -0.1) is 0 Å². The summed E-state index contributed by atoms with van der Waals surface area (Å²) in [5.74, 6) is 0.847. The number of allylic oxidation sites excluding steroid dienone is 5. The maximum Gasteiger partial charge on any atom is 0.327 e. The van der Waals surface area contributed by atoms with Gasteiger partial charge in [0.05, 0.1) is 12.2 Å². The Bertz CT molecular complexity index is 928. The van der Waals surface area contributed by atoms with E-state index >= 15 is 0 Å². The average Bonchev–Trinajstić information content (AvgIpc) is 2.78. The minimum absolute atomic E-state index is 0.270. The number of pyridine rings is 1. The number of amides is 2. The number of aromatic nitrogens is 1. The number of hydrogen-bond donors (Lipinski definition) is 1. The number of aldehydes is 1. The Labute approximate surface area is 182 Å². The Morgan fingerprint density at radius 1 is 1.39 bits per heavy atom. The number of nitrogens with one attached hydrogen (secondary N) is 1. The number of aryl methyl sites for hydroxylation is 1. The van der Waals surface area contributed by atoms with Crippen molar-refractivity contribution in [1.82, 2.24) is 10.3 Å². The van der Waals surface area contributed by atoms with Crippen molar-refractivity contribution >= 4 is 18.1 Å². The van der Waals surface area contributed by atoms with Crippen LogP contribution in [-0.2, 0) is 15.9 Å². The third-order valence-corrected chi connectivity index (χ3v) is 4.53. The Kier molecular flexibility index (Phi) is 9.46. The Morgan fingerprint density at radius 2 is 2.19 bits per heavy atom. The van der Waals surface area contributed by atoms with Crippen molar-refractivity contribution in [3.63, 3.8) is 0 Å². The molecular formula is C23H28N4O4. The minimum atomic E-state index is -0.357. The molecule has 0 aromatic carbocycles. The summed E-state index contributed by atoms with van der Waals surface area (Å²) < 4.78 is 10.7. The van der Waals surface area contributed by atoms with Crippen LogP contribution in [0.25, 0.3) is 0 Å². The molecule has 0 saturated heterocycles. The standard InChI is InChI=1S/C23H28N4O4/c1-4-5-7-19(15-24)21(31-13-12-30-3)14-17(2)25-23(29)27-11-6-8-18-9-10-20(16-28)26-22(18)27/h5,7,9-10,14,16H,4,6,8,11-13H2,1-3H3,(H,25,29)/b7-5+,17-14+,21-19-. The van der Waals surface area contributed by atoms with Crippen molar-refractivity contribution < 1.29 is 19.1 Å². The van der Waals surface area contributed by atoms with E-state index in [1.165, 1.54) is 4.90 Å². The van der Waals surface area contributed by atoms with Gasteiger partial charge in [-0.25, -0.2) is 9.78 Å². The van der Waals surface area contributed by atoms with E-state index in [4.69, 9.17) is 9.47 Å². The van der Waals surface area contributed by atoms with E-state index in [9.17, 15) is 14.9 Å². The Morgan fingerprint density at radius 3 is 2.87 bits per heavy atom. The number of rotatable bonds is 9. The highest BCUT2D eigenvalue weighted by molar-refractivity contribution is 5.93. The molecule has 8 nitrogen and oxygen atoms in total. The summed E-state index contributed by atoms with van der Waals surface area (Å²) in [6.45, 7) is 4.83. The van der Waals surface area contributed by atoms with Crippen molar-refractivity contribution in [2.24, 2.45) is 0 Å². The smallest absolute Gasteiger partial charge is 0.327 e. The van der Waals surface area contributed by atoms with Crippen LogP contribution in [0.2, 0.25) is 0 Å². The number of urea groups is 1. The van der Waals surface area contributed by atoms with Crippen LogP contribution in [-0.4, -0.2) is 44.2 Å². The fraction of sp³-hybridized carbons (Fsp3) is 0.391. The molecule has 2 heterocycles. The van der Waals surface area contributed by atoms with Gasteiger partial charge in [0.2, 0.25) is 0 Å². The second kappa shape index (κ2) is 12.3. The summed E-state index contributed by atoms with van der Waals surface area (Å²) in [5, 5.41) is 12.3. The number of nitriles is 1. The predicted octanol–water partition coefficient (Wildman–Crippen LogP) is 3.67. The van der Waals surface area contributed by atoms with Crippen LogP contribution in [0.15, 0.2) is 47.4 Å². The molecular weight excluding hydrogens is 396 g/mol. The summed E-state index contributed by atoms with van der Waals surface area (Å²) >= 11 is 0. The van der Waals surface area contributed by atoms with Crippen LogP contribution in [0, 0.1) is 11.3 Å². The lowest BCUT2D eigenvalue weighted by atomic mass is 10.1. The summed E-state index contributed by atoms with van der Waals surface area (Å²) in [4.78, 5) is 29.8. The zero-order valence-electron chi connectivity index (χ0n) is 18.2. The molecule has 1 aliphatic heterocycles. The number of carbonyl (C=O) groups is 2. The van der Waals surface area contributed by atoms with Crippen molar-refractivity contribution in [2.75, 3.05) is 31.8 Å². The van der Waals surface area contributed by atoms with Crippen molar-refractivity contribution in [2.45, 2.75) is 33.1 Å². The van der Waals surface area contributed by atoms with E-state index in [0.29, 0.717) is 42.3 Å². The SMILES string of the molecule is CC/C=C/C(C#N)=C(\C=C(/C)NC(=O)N1CCCc2ccc(C=O)nc21)OCCOC. The normalized spacial score (nSPS) is 14.5. The average molecular weight is 425 g/mol.